The second kappa shape index (κ2) is 8.88. The van der Waals surface area contributed by atoms with E-state index >= 15 is 0 Å². The van der Waals surface area contributed by atoms with Crippen LogP contribution in [0.5, 0.6) is 0 Å². The maximum Gasteiger partial charge on any atom is 0.256 e. The molecule has 0 spiro atoms. The summed E-state index contributed by atoms with van der Waals surface area (Å²) in [4.78, 5) is 24.9. The standard InChI is InChI=1S/C23H30N4O3S/c1-18-4-7-22(24-17-18)26-8-10-27(11-9-26)23(28)20-16-19(31(2,3)29)5-6-21(20)25-12-14-30-15-13-25/h4-7,16-17H,2,8-15H2,1,3H3. The highest BCUT2D eigenvalue weighted by Crippen LogP contribution is 2.27. The molecule has 1 unspecified atom stereocenters. The molecular weight excluding hydrogens is 412 g/mol. The first-order valence-electron chi connectivity index (χ1n) is 10.6. The molecule has 2 aliphatic rings. The van der Waals surface area contributed by atoms with Crippen molar-refractivity contribution in [1.29, 1.82) is 0 Å². The molecule has 0 N–H and O–H groups in total. The lowest BCUT2D eigenvalue weighted by Crippen LogP contribution is -2.49. The summed E-state index contributed by atoms with van der Waals surface area (Å²) in [7, 11) is -2.42. The number of nitrogens with zero attached hydrogens (tertiary/aromatic N) is 4. The lowest BCUT2D eigenvalue weighted by atomic mass is 10.1. The average molecular weight is 443 g/mol. The molecule has 2 fully saturated rings. The van der Waals surface area contributed by atoms with Gasteiger partial charge in [0.2, 0.25) is 0 Å². The van der Waals surface area contributed by atoms with Crippen LogP contribution in [0.4, 0.5) is 11.5 Å². The first-order chi connectivity index (χ1) is 14.8. The van der Waals surface area contributed by atoms with E-state index < -0.39 is 9.52 Å². The van der Waals surface area contributed by atoms with Gasteiger partial charge in [0.05, 0.1) is 18.8 Å². The van der Waals surface area contributed by atoms with E-state index in [0.717, 1.165) is 43.2 Å². The SMILES string of the molecule is C=S(C)(=O)c1ccc(N2CCOCC2)c(C(=O)N2CCN(c3ccc(C)cn3)CC2)c1. The number of pyridine rings is 1. The fourth-order valence-electron chi connectivity index (χ4n) is 3.99. The van der Waals surface area contributed by atoms with Crippen LogP contribution in [0.1, 0.15) is 15.9 Å². The van der Waals surface area contributed by atoms with Crippen LogP contribution < -0.4 is 9.80 Å². The molecular formula is C23H30N4O3S. The molecule has 2 saturated heterocycles. The van der Waals surface area contributed by atoms with E-state index in [1.165, 1.54) is 0 Å². The molecule has 1 amide bonds. The maximum atomic E-state index is 13.6. The molecule has 2 aromatic rings. The molecule has 2 aliphatic heterocycles. The van der Waals surface area contributed by atoms with E-state index in [0.29, 0.717) is 36.8 Å². The lowest BCUT2D eigenvalue weighted by molar-refractivity contribution is 0.0745. The van der Waals surface area contributed by atoms with Gasteiger partial charge in [-0.1, -0.05) is 6.07 Å². The third-order valence-electron chi connectivity index (χ3n) is 5.84. The summed E-state index contributed by atoms with van der Waals surface area (Å²) in [5, 5.41) is 0. The van der Waals surface area contributed by atoms with E-state index in [2.05, 4.69) is 26.7 Å². The molecule has 166 valence electrons. The third kappa shape index (κ3) is 4.85. The molecule has 7 nitrogen and oxygen atoms in total. The summed E-state index contributed by atoms with van der Waals surface area (Å²) < 4.78 is 18.0. The minimum atomic E-state index is -2.42. The van der Waals surface area contributed by atoms with Crippen molar-refractivity contribution in [3.63, 3.8) is 0 Å². The monoisotopic (exact) mass is 442 g/mol. The fraction of sp³-hybridized carbons (Fsp3) is 0.435. The Hall–Kier alpha value is -2.58. The second-order valence-corrected chi connectivity index (χ2v) is 10.7. The number of carbonyl (C=O) groups excluding carboxylic acids is 1. The van der Waals surface area contributed by atoms with Crippen LogP contribution in [0, 0.1) is 6.92 Å². The van der Waals surface area contributed by atoms with Gasteiger partial charge in [0, 0.05) is 62.3 Å². The number of ether oxygens (including phenoxy) is 1. The van der Waals surface area contributed by atoms with Gasteiger partial charge in [-0.05, 0) is 52.1 Å². The molecule has 3 heterocycles. The number of benzene rings is 1. The normalized spacial score (nSPS) is 19.2. The van der Waals surface area contributed by atoms with Crippen molar-refractivity contribution in [3.8, 4) is 0 Å². The summed E-state index contributed by atoms with van der Waals surface area (Å²) in [6.07, 6.45) is 3.48. The Bertz CT molecular complexity index is 1040. The Labute approximate surface area is 184 Å². The molecule has 0 radical (unpaired) electrons. The highest BCUT2D eigenvalue weighted by Gasteiger charge is 2.27. The summed E-state index contributed by atoms with van der Waals surface area (Å²) in [5.41, 5.74) is 2.61. The van der Waals surface area contributed by atoms with Gasteiger partial charge >= 0.3 is 0 Å². The van der Waals surface area contributed by atoms with Gasteiger partial charge in [0.1, 0.15) is 5.82 Å². The van der Waals surface area contributed by atoms with Crippen LogP contribution in [0.25, 0.3) is 0 Å². The van der Waals surface area contributed by atoms with Crippen molar-refractivity contribution < 1.29 is 13.7 Å². The van der Waals surface area contributed by atoms with Gasteiger partial charge < -0.3 is 19.4 Å². The lowest BCUT2D eigenvalue weighted by Gasteiger charge is -2.37. The smallest absolute Gasteiger partial charge is 0.256 e. The molecule has 31 heavy (non-hydrogen) atoms. The zero-order chi connectivity index (χ0) is 22.0. The quantitative estimate of drug-likeness (QED) is 0.674. The number of aryl methyl sites for hydroxylation is 1. The number of aromatic nitrogens is 1. The molecule has 4 rings (SSSR count). The largest absolute Gasteiger partial charge is 0.378 e. The number of hydrogen-bond donors (Lipinski definition) is 0. The van der Waals surface area contributed by atoms with Crippen molar-refractivity contribution in [3.05, 3.63) is 47.7 Å². The van der Waals surface area contributed by atoms with Gasteiger partial charge in [0.25, 0.3) is 5.91 Å². The summed E-state index contributed by atoms with van der Waals surface area (Å²) in [6, 6.07) is 9.60. The van der Waals surface area contributed by atoms with Crippen molar-refractivity contribution in [1.82, 2.24) is 9.88 Å². The predicted octanol–water partition coefficient (Wildman–Crippen LogP) is 1.89. The number of anilines is 2. The van der Waals surface area contributed by atoms with E-state index in [-0.39, 0.29) is 5.91 Å². The number of carbonyl (C=O) groups is 1. The van der Waals surface area contributed by atoms with E-state index in [1.807, 2.05) is 36.2 Å². The van der Waals surface area contributed by atoms with Gasteiger partial charge in [-0.25, -0.2) is 4.98 Å². The first-order valence-corrected chi connectivity index (χ1v) is 12.7. The number of hydrogen-bond acceptors (Lipinski definition) is 6. The predicted molar refractivity (Wildman–Crippen MR) is 126 cm³/mol. The van der Waals surface area contributed by atoms with Gasteiger partial charge in [-0.2, -0.15) is 0 Å². The minimum absolute atomic E-state index is 0.0245. The van der Waals surface area contributed by atoms with Crippen LogP contribution >= 0.6 is 0 Å². The second-order valence-electron chi connectivity index (χ2n) is 8.26. The van der Waals surface area contributed by atoms with E-state index in [1.54, 1.807) is 12.3 Å². The molecule has 1 atom stereocenters. The summed E-state index contributed by atoms with van der Waals surface area (Å²) in [5.74, 6) is 4.72. The number of amides is 1. The third-order valence-corrected chi connectivity index (χ3v) is 7.09. The van der Waals surface area contributed by atoms with Crippen molar-refractivity contribution >= 4 is 32.8 Å². The number of morpholine rings is 1. The van der Waals surface area contributed by atoms with Gasteiger partial charge in [-0.15, -0.1) is 0 Å². The molecule has 1 aromatic heterocycles. The Morgan fingerprint density at radius 1 is 1.03 bits per heavy atom. The summed E-state index contributed by atoms with van der Waals surface area (Å²) >= 11 is 0. The highest BCUT2D eigenvalue weighted by molar-refractivity contribution is 7.99. The zero-order valence-corrected chi connectivity index (χ0v) is 19.1. The number of piperazine rings is 1. The van der Waals surface area contributed by atoms with Crippen molar-refractivity contribution in [2.45, 2.75) is 11.8 Å². The van der Waals surface area contributed by atoms with Crippen LogP contribution in [0.3, 0.4) is 0 Å². The maximum absolute atomic E-state index is 13.6. The molecule has 0 bridgehead atoms. The van der Waals surface area contributed by atoms with Crippen LogP contribution in [0.15, 0.2) is 41.4 Å². The van der Waals surface area contributed by atoms with E-state index in [9.17, 15) is 9.00 Å². The number of rotatable bonds is 4. The Morgan fingerprint density at radius 2 is 1.74 bits per heavy atom. The van der Waals surface area contributed by atoms with Crippen molar-refractivity contribution in [2.75, 3.05) is 68.5 Å². The van der Waals surface area contributed by atoms with Crippen LogP contribution in [-0.4, -0.2) is 84.6 Å². The Balaban J connectivity index is 1.56. The van der Waals surface area contributed by atoms with Gasteiger partial charge in [-0.3, -0.25) is 9.00 Å². The first kappa shape index (κ1) is 21.6. The molecule has 0 aliphatic carbocycles. The average Bonchev–Trinajstić information content (AvgIpc) is 2.79. The fourth-order valence-corrected chi connectivity index (χ4v) is 4.71. The van der Waals surface area contributed by atoms with Gasteiger partial charge in [0.15, 0.2) is 0 Å². The Kier molecular flexibility index (Phi) is 6.20. The molecule has 0 saturated carbocycles. The summed E-state index contributed by atoms with van der Waals surface area (Å²) in [6.45, 7) is 7.46. The van der Waals surface area contributed by atoms with Crippen LogP contribution in [-0.2, 0) is 14.3 Å². The van der Waals surface area contributed by atoms with Crippen molar-refractivity contribution in [2.24, 2.45) is 0 Å². The van der Waals surface area contributed by atoms with E-state index in [4.69, 9.17) is 4.74 Å². The van der Waals surface area contributed by atoms with Crippen LogP contribution in [0.2, 0.25) is 0 Å². The Morgan fingerprint density at radius 3 is 2.35 bits per heavy atom. The molecule has 1 aromatic carbocycles. The minimum Gasteiger partial charge on any atom is -0.378 e. The highest BCUT2D eigenvalue weighted by atomic mass is 32.2. The molecule has 8 heteroatoms. The zero-order valence-electron chi connectivity index (χ0n) is 18.2. The topological polar surface area (TPSA) is 66.0 Å².